The lowest BCUT2D eigenvalue weighted by Crippen LogP contribution is -2.23. The summed E-state index contributed by atoms with van der Waals surface area (Å²) in [5.74, 6) is 0.692. The maximum Gasteiger partial charge on any atom is 0.0343 e. The second-order valence-electron chi connectivity index (χ2n) is 5.27. The Morgan fingerprint density at radius 3 is 2.22 bits per heavy atom. The summed E-state index contributed by atoms with van der Waals surface area (Å²) in [5, 5.41) is 3.49. The molecule has 0 fully saturated rings. The molecule has 0 aliphatic carbocycles. The highest BCUT2D eigenvalue weighted by Crippen LogP contribution is 2.27. The van der Waals surface area contributed by atoms with Gasteiger partial charge in [0.05, 0.1) is 0 Å². The average molecular weight is 247 g/mol. The van der Waals surface area contributed by atoms with Gasteiger partial charge in [0.2, 0.25) is 0 Å². The van der Waals surface area contributed by atoms with Crippen molar-refractivity contribution in [3.63, 3.8) is 0 Å². The highest BCUT2D eigenvalue weighted by molar-refractivity contribution is 5.34. The lowest BCUT2D eigenvalue weighted by Gasteiger charge is -2.25. The SMILES string of the molecule is CCCC(C)C(NC)c1ccc(CC)c(CC)c1. The van der Waals surface area contributed by atoms with Gasteiger partial charge >= 0.3 is 0 Å². The molecule has 18 heavy (non-hydrogen) atoms. The minimum Gasteiger partial charge on any atom is -0.313 e. The third-order valence-electron chi connectivity index (χ3n) is 3.98. The Bertz CT molecular complexity index is 357. The van der Waals surface area contributed by atoms with Crippen LogP contribution in [0.1, 0.15) is 63.3 Å². The zero-order chi connectivity index (χ0) is 13.5. The van der Waals surface area contributed by atoms with E-state index in [1.807, 2.05) is 0 Å². The standard InChI is InChI=1S/C17H29N/c1-6-9-13(4)17(18-5)16-11-10-14(7-2)15(8-3)12-16/h10-13,17-18H,6-9H2,1-5H3. The summed E-state index contributed by atoms with van der Waals surface area (Å²) in [6, 6.07) is 7.52. The molecular weight excluding hydrogens is 218 g/mol. The van der Waals surface area contributed by atoms with Crippen LogP contribution in [0.15, 0.2) is 18.2 Å². The van der Waals surface area contributed by atoms with Crippen molar-refractivity contribution in [1.29, 1.82) is 0 Å². The van der Waals surface area contributed by atoms with Gasteiger partial charge in [-0.15, -0.1) is 0 Å². The smallest absolute Gasteiger partial charge is 0.0343 e. The van der Waals surface area contributed by atoms with Crippen molar-refractivity contribution < 1.29 is 0 Å². The zero-order valence-corrected chi connectivity index (χ0v) is 12.7. The van der Waals surface area contributed by atoms with Crippen LogP contribution in [0.2, 0.25) is 0 Å². The summed E-state index contributed by atoms with van der Waals surface area (Å²) < 4.78 is 0. The molecule has 1 rings (SSSR count). The van der Waals surface area contributed by atoms with E-state index in [1.54, 1.807) is 0 Å². The van der Waals surface area contributed by atoms with Gasteiger partial charge in [-0.1, -0.05) is 52.3 Å². The quantitative estimate of drug-likeness (QED) is 0.747. The molecule has 0 amide bonds. The van der Waals surface area contributed by atoms with E-state index in [4.69, 9.17) is 0 Å². The van der Waals surface area contributed by atoms with Crippen LogP contribution in [-0.4, -0.2) is 7.05 Å². The van der Waals surface area contributed by atoms with E-state index in [-0.39, 0.29) is 0 Å². The lowest BCUT2D eigenvalue weighted by atomic mass is 9.88. The average Bonchev–Trinajstić information content (AvgIpc) is 2.39. The first-order valence-corrected chi connectivity index (χ1v) is 7.46. The van der Waals surface area contributed by atoms with E-state index in [1.165, 1.54) is 29.5 Å². The van der Waals surface area contributed by atoms with Gasteiger partial charge in [0.1, 0.15) is 0 Å². The second-order valence-corrected chi connectivity index (χ2v) is 5.27. The van der Waals surface area contributed by atoms with E-state index < -0.39 is 0 Å². The van der Waals surface area contributed by atoms with Crippen LogP contribution in [-0.2, 0) is 12.8 Å². The molecule has 0 aliphatic heterocycles. The molecule has 0 spiro atoms. The summed E-state index contributed by atoms with van der Waals surface area (Å²) in [6.45, 7) is 9.11. The van der Waals surface area contributed by atoms with Gasteiger partial charge in [-0.3, -0.25) is 0 Å². The highest BCUT2D eigenvalue weighted by atomic mass is 14.9. The summed E-state index contributed by atoms with van der Waals surface area (Å²) in [4.78, 5) is 0. The minimum absolute atomic E-state index is 0.487. The first-order valence-electron chi connectivity index (χ1n) is 7.46. The van der Waals surface area contributed by atoms with E-state index in [9.17, 15) is 0 Å². The van der Waals surface area contributed by atoms with Crippen LogP contribution in [0.3, 0.4) is 0 Å². The van der Waals surface area contributed by atoms with Crippen molar-refractivity contribution in [2.75, 3.05) is 7.05 Å². The molecular formula is C17H29N. The molecule has 1 aromatic carbocycles. The molecule has 1 heteroatoms. The fourth-order valence-electron chi connectivity index (χ4n) is 2.92. The predicted molar refractivity (Wildman–Crippen MR) is 81.1 cm³/mol. The van der Waals surface area contributed by atoms with E-state index >= 15 is 0 Å². The third-order valence-corrected chi connectivity index (χ3v) is 3.98. The molecule has 0 aliphatic rings. The molecule has 0 bridgehead atoms. The number of nitrogens with one attached hydrogen (secondary N) is 1. The lowest BCUT2D eigenvalue weighted by molar-refractivity contribution is 0.383. The van der Waals surface area contributed by atoms with Gasteiger partial charge in [-0.25, -0.2) is 0 Å². The third kappa shape index (κ3) is 3.58. The Labute approximate surface area is 113 Å². The number of rotatable bonds is 7. The van der Waals surface area contributed by atoms with Crippen molar-refractivity contribution in [1.82, 2.24) is 5.32 Å². The molecule has 0 radical (unpaired) electrons. The van der Waals surface area contributed by atoms with E-state index in [0.29, 0.717) is 12.0 Å². The van der Waals surface area contributed by atoms with Crippen LogP contribution in [0.5, 0.6) is 0 Å². The zero-order valence-electron chi connectivity index (χ0n) is 12.7. The van der Waals surface area contributed by atoms with Crippen LogP contribution < -0.4 is 5.32 Å². The first kappa shape index (κ1) is 15.2. The maximum absolute atomic E-state index is 3.49. The first-order chi connectivity index (χ1) is 8.67. The van der Waals surface area contributed by atoms with Crippen molar-refractivity contribution >= 4 is 0 Å². The van der Waals surface area contributed by atoms with E-state index in [2.05, 4.69) is 58.3 Å². The molecule has 0 saturated carbocycles. The van der Waals surface area contributed by atoms with Gasteiger partial charge in [-0.05, 0) is 48.9 Å². The fourth-order valence-corrected chi connectivity index (χ4v) is 2.92. The molecule has 0 aromatic heterocycles. The number of benzene rings is 1. The Morgan fingerprint density at radius 2 is 1.72 bits per heavy atom. The number of aryl methyl sites for hydroxylation is 2. The Morgan fingerprint density at radius 1 is 1.06 bits per heavy atom. The topological polar surface area (TPSA) is 12.0 Å². The Kier molecular flexibility index (Phi) is 6.42. The Balaban J connectivity index is 2.99. The van der Waals surface area contributed by atoms with E-state index in [0.717, 1.165) is 12.8 Å². The summed E-state index contributed by atoms with van der Waals surface area (Å²) >= 11 is 0. The van der Waals surface area contributed by atoms with Gasteiger partial charge in [0.15, 0.2) is 0 Å². The summed E-state index contributed by atoms with van der Waals surface area (Å²) in [5.41, 5.74) is 4.46. The largest absolute Gasteiger partial charge is 0.313 e. The predicted octanol–water partition coefficient (Wildman–Crippen LogP) is 4.51. The highest BCUT2D eigenvalue weighted by Gasteiger charge is 2.17. The molecule has 0 saturated heterocycles. The van der Waals surface area contributed by atoms with Crippen molar-refractivity contribution in [2.45, 2.75) is 59.4 Å². The van der Waals surface area contributed by atoms with Crippen LogP contribution in [0, 0.1) is 5.92 Å². The minimum atomic E-state index is 0.487. The molecule has 1 aromatic rings. The number of hydrogen-bond donors (Lipinski definition) is 1. The van der Waals surface area contributed by atoms with Crippen LogP contribution >= 0.6 is 0 Å². The molecule has 0 heterocycles. The summed E-state index contributed by atoms with van der Waals surface area (Å²) in [6.07, 6.45) is 4.81. The van der Waals surface area contributed by atoms with Crippen LogP contribution in [0.25, 0.3) is 0 Å². The molecule has 102 valence electrons. The van der Waals surface area contributed by atoms with Gasteiger partial charge in [0.25, 0.3) is 0 Å². The second kappa shape index (κ2) is 7.58. The fraction of sp³-hybridized carbons (Fsp3) is 0.647. The Hall–Kier alpha value is -0.820. The van der Waals surface area contributed by atoms with Gasteiger partial charge in [-0.2, -0.15) is 0 Å². The molecule has 2 unspecified atom stereocenters. The summed E-state index contributed by atoms with van der Waals surface area (Å²) in [7, 11) is 2.08. The normalized spacial score (nSPS) is 14.5. The van der Waals surface area contributed by atoms with Crippen LogP contribution in [0.4, 0.5) is 0 Å². The number of hydrogen-bond acceptors (Lipinski definition) is 1. The monoisotopic (exact) mass is 247 g/mol. The van der Waals surface area contributed by atoms with Gasteiger partial charge in [0, 0.05) is 6.04 Å². The molecule has 1 N–H and O–H groups in total. The van der Waals surface area contributed by atoms with Crippen molar-refractivity contribution in [3.05, 3.63) is 34.9 Å². The maximum atomic E-state index is 3.49. The molecule has 2 atom stereocenters. The van der Waals surface area contributed by atoms with Gasteiger partial charge < -0.3 is 5.32 Å². The molecule has 1 nitrogen and oxygen atoms in total. The van der Waals surface area contributed by atoms with Crippen molar-refractivity contribution in [3.8, 4) is 0 Å². The van der Waals surface area contributed by atoms with Crippen molar-refractivity contribution in [2.24, 2.45) is 5.92 Å².